The largest absolute Gasteiger partial charge is 0.338 e. The molecule has 0 aliphatic carbocycles. The summed E-state index contributed by atoms with van der Waals surface area (Å²) in [6.07, 6.45) is 10.1. The van der Waals surface area contributed by atoms with Gasteiger partial charge < -0.3 is 9.80 Å². The first-order valence-corrected chi connectivity index (χ1v) is 8.23. The molecule has 0 N–H and O–H groups in total. The standard InChI is InChI=1S/C16H26N4O/c1-18-10-2-6-14(18)15-7-3-13-20(15)16(21)8-4-11-19-12-5-9-17-19/h5,9,12,14-15H,2-4,6-8,10-11,13H2,1H3/t14-,15-/m0/s1. The van der Waals surface area contributed by atoms with E-state index in [9.17, 15) is 4.79 Å². The number of hydrogen-bond acceptors (Lipinski definition) is 3. The van der Waals surface area contributed by atoms with Crippen LogP contribution in [0.5, 0.6) is 0 Å². The molecule has 3 rings (SSSR count). The van der Waals surface area contributed by atoms with Gasteiger partial charge >= 0.3 is 0 Å². The number of likely N-dealkylation sites (N-methyl/N-ethyl adjacent to an activating group) is 1. The third-order valence-corrected chi connectivity index (χ3v) is 4.98. The Balaban J connectivity index is 1.51. The van der Waals surface area contributed by atoms with Gasteiger partial charge in [0.15, 0.2) is 0 Å². The van der Waals surface area contributed by atoms with Gasteiger partial charge in [-0.1, -0.05) is 0 Å². The molecule has 21 heavy (non-hydrogen) atoms. The second-order valence-electron chi connectivity index (χ2n) is 6.36. The smallest absolute Gasteiger partial charge is 0.222 e. The van der Waals surface area contributed by atoms with E-state index in [-0.39, 0.29) is 0 Å². The Morgan fingerprint density at radius 1 is 1.24 bits per heavy atom. The van der Waals surface area contributed by atoms with Crippen molar-refractivity contribution in [1.29, 1.82) is 0 Å². The lowest BCUT2D eigenvalue weighted by Crippen LogP contribution is -2.47. The zero-order valence-corrected chi connectivity index (χ0v) is 12.9. The summed E-state index contributed by atoms with van der Waals surface area (Å²) in [6.45, 7) is 2.97. The van der Waals surface area contributed by atoms with Gasteiger partial charge in [0.2, 0.25) is 5.91 Å². The first-order valence-electron chi connectivity index (χ1n) is 8.23. The van der Waals surface area contributed by atoms with Gasteiger partial charge in [0, 0.05) is 44.0 Å². The predicted molar refractivity (Wildman–Crippen MR) is 81.8 cm³/mol. The summed E-state index contributed by atoms with van der Waals surface area (Å²) in [5.41, 5.74) is 0. The van der Waals surface area contributed by atoms with E-state index in [0.29, 0.717) is 24.4 Å². The van der Waals surface area contributed by atoms with Crippen LogP contribution in [-0.4, -0.2) is 57.7 Å². The Morgan fingerprint density at radius 2 is 2.05 bits per heavy atom. The molecule has 0 saturated carbocycles. The van der Waals surface area contributed by atoms with Gasteiger partial charge in [-0.15, -0.1) is 0 Å². The molecular weight excluding hydrogens is 264 g/mol. The third-order valence-electron chi connectivity index (χ3n) is 4.98. The molecule has 116 valence electrons. The number of rotatable bonds is 5. The van der Waals surface area contributed by atoms with Crippen LogP contribution in [0.15, 0.2) is 18.5 Å². The average molecular weight is 290 g/mol. The summed E-state index contributed by atoms with van der Waals surface area (Å²) in [4.78, 5) is 17.1. The first-order chi connectivity index (χ1) is 10.3. The summed E-state index contributed by atoms with van der Waals surface area (Å²) in [5, 5.41) is 4.18. The second kappa shape index (κ2) is 6.60. The SMILES string of the molecule is CN1CCC[C@H]1[C@@H]1CCCN1C(=O)CCCn1cccn1. The van der Waals surface area contributed by atoms with Crippen molar-refractivity contribution in [3.8, 4) is 0 Å². The maximum Gasteiger partial charge on any atom is 0.222 e. The van der Waals surface area contributed by atoms with Crippen LogP contribution < -0.4 is 0 Å². The van der Waals surface area contributed by atoms with Gasteiger partial charge in [-0.05, 0) is 51.8 Å². The van der Waals surface area contributed by atoms with Crippen LogP contribution in [0.3, 0.4) is 0 Å². The lowest BCUT2D eigenvalue weighted by molar-refractivity contribution is -0.133. The van der Waals surface area contributed by atoms with Crippen molar-refractivity contribution in [2.45, 2.75) is 57.2 Å². The van der Waals surface area contributed by atoms with Crippen molar-refractivity contribution in [3.63, 3.8) is 0 Å². The van der Waals surface area contributed by atoms with E-state index >= 15 is 0 Å². The molecule has 1 amide bonds. The molecule has 5 heteroatoms. The summed E-state index contributed by atoms with van der Waals surface area (Å²) in [5.74, 6) is 0.338. The molecule has 0 aromatic carbocycles. The number of hydrogen-bond donors (Lipinski definition) is 0. The Hall–Kier alpha value is -1.36. The fourth-order valence-corrected chi connectivity index (χ4v) is 3.89. The number of aryl methyl sites for hydroxylation is 1. The molecule has 0 radical (unpaired) electrons. The Morgan fingerprint density at radius 3 is 2.76 bits per heavy atom. The minimum Gasteiger partial charge on any atom is -0.338 e. The molecule has 2 aliphatic heterocycles. The van der Waals surface area contributed by atoms with E-state index in [2.05, 4.69) is 21.9 Å². The maximum atomic E-state index is 12.5. The topological polar surface area (TPSA) is 41.4 Å². The predicted octanol–water partition coefficient (Wildman–Crippen LogP) is 1.75. The van der Waals surface area contributed by atoms with E-state index in [1.165, 1.54) is 32.2 Å². The highest BCUT2D eigenvalue weighted by Crippen LogP contribution is 2.29. The fourth-order valence-electron chi connectivity index (χ4n) is 3.89. The highest BCUT2D eigenvalue weighted by molar-refractivity contribution is 5.76. The molecule has 1 aromatic heterocycles. The molecule has 5 nitrogen and oxygen atoms in total. The first kappa shape index (κ1) is 14.6. The van der Waals surface area contributed by atoms with Crippen LogP contribution >= 0.6 is 0 Å². The molecule has 2 atom stereocenters. The lowest BCUT2D eigenvalue weighted by atomic mass is 10.0. The number of likely N-dealkylation sites (tertiary alicyclic amines) is 2. The van der Waals surface area contributed by atoms with Crippen LogP contribution in [0.1, 0.15) is 38.5 Å². The zero-order chi connectivity index (χ0) is 14.7. The van der Waals surface area contributed by atoms with E-state index in [1.807, 2.05) is 16.9 Å². The summed E-state index contributed by atoms with van der Waals surface area (Å²) < 4.78 is 1.90. The van der Waals surface area contributed by atoms with Gasteiger partial charge in [-0.2, -0.15) is 5.10 Å². The molecule has 2 fully saturated rings. The Labute approximate surface area is 126 Å². The number of carbonyl (C=O) groups excluding carboxylic acids is 1. The van der Waals surface area contributed by atoms with Crippen molar-refractivity contribution in [2.75, 3.05) is 20.1 Å². The van der Waals surface area contributed by atoms with Crippen LogP contribution in [0.4, 0.5) is 0 Å². The van der Waals surface area contributed by atoms with Crippen LogP contribution in [-0.2, 0) is 11.3 Å². The highest BCUT2D eigenvalue weighted by Gasteiger charge is 2.37. The van der Waals surface area contributed by atoms with E-state index in [4.69, 9.17) is 0 Å². The van der Waals surface area contributed by atoms with Crippen molar-refractivity contribution < 1.29 is 4.79 Å². The summed E-state index contributed by atoms with van der Waals surface area (Å²) in [6, 6.07) is 2.96. The van der Waals surface area contributed by atoms with E-state index in [0.717, 1.165) is 19.5 Å². The highest BCUT2D eigenvalue weighted by atomic mass is 16.2. The maximum absolute atomic E-state index is 12.5. The normalized spacial score (nSPS) is 26.6. The fraction of sp³-hybridized carbons (Fsp3) is 0.750. The number of nitrogens with zero attached hydrogens (tertiary/aromatic N) is 4. The molecule has 2 aliphatic rings. The quantitative estimate of drug-likeness (QED) is 0.829. The Bertz CT molecular complexity index is 459. The number of aromatic nitrogens is 2. The Kier molecular flexibility index (Phi) is 4.58. The second-order valence-corrected chi connectivity index (χ2v) is 6.36. The van der Waals surface area contributed by atoms with Gasteiger partial charge in [0.1, 0.15) is 0 Å². The molecule has 1 aromatic rings. The number of carbonyl (C=O) groups is 1. The van der Waals surface area contributed by atoms with Crippen molar-refractivity contribution in [1.82, 2.24) is 19.6 Å². The van der Waals surface area contributed by atoms with Crippen molar-refractivity contribution in [2.24, 2.45) is 0 Å². The van der Waals surface area contributed by atoms with Gasteiger partial charge in [-0.3, -0.25) is 9.48 Å². The zero-order valence-electron chi connectivity index (χ0n) is 12.9. The lowest BCUT2D eigenvalue weighted by Gasteiger charge is -2.33. The van der Waals surface area contributed by atoms with Gasteiger partial charge in [0.25, 0.3) is 0 Å². The van der Waals surface area contributed by atoms with Crippen molar-refractivity contribution >= 4 is 5.91 Å². The molecule has 0 bridgehead atoms. The molecule has 3 heterocycles. The summed E-state index contributed by atoms with van der Waals surface area (Å²) in [7, 11) is 2.20. The summed E-state index contributed by atoms with van der Waals surface area (Å²) >= 11 is 0. The molecular formula is C16H26N4O. The van der Waals surface area contributed by atoms with E-state index < -0.39 is 0 Å². The monoisotopic (exact) mass is 290 g/mol. The molecule has 2 saturated heterocycles. The van der Waals surface area contributed by atoms with Gasteiger partial charge in [-0.25, -0.2) is 0 Å². The third kappa shape index (κ3) is 3.28. The van der Waals surface area contributed by atoms with Gasteiger partial charge in [0.05, 0.1) is 0 Å². The minimum atomic E-state index is 0.338. The average Bonchev–Trinajstić information content (AvgIpc) is 3.18. The van der Waals surface area contributed by atoms with Crippen LogP contribution in [0.2, 0.25) is 0 Å². The van der Waals surface area contributed by atoms with E-state index in [1.54, 1.807) is 6.20 Å². The number of amides is 1. The molecule has 0 unspecified atom stereocenters. The molecule has 0 spiro atoms. The van der Waals surface area contributed by atoms with Crippen LogP contribution in [0, 0.1) is 0 Å². The van der Waals surface area contributed by atoms with Crippen LogP contribution in [0.25, 0.3) is 0 Å². The van der Waals surface area contributed by atoms with Crippen molar-refractivity contribution in [3.05, 3.63) is 18.5 Å². The minimum absolute atomic E-state index is 0.338.